The topological polar surface area (TPSA) is 87.0 Å². The van der Waals surface area contributed by atoms with Gasteiger partial charge in [0.15, 0.2) is 0 Å². The van der Waals surface area contributed by atoms with Crippen LogP contribution in [0.4, 0.5) is 0 Å². The highest BCUT2D eigenvalue weighted by Crippen LogP contribution is 2.27. The van der Waals surface area contributed by atoms with Gasteiger partial charge >= 0.3 is 0 Å². The van der Waals surface area contributed by atoms with E-state index < -0.39 is 5.60 Å². The van der Waals surface area contributed by atoms with Gasteiger partial charge in [0.2, 0.25) is 0 Å². The number of carbonyl (C=O) groups is 2. The Bertz CT molecular complexity index is 1130. The van der Waals surface area contributed by atoms with Crippen molar-refractivity contribution < 1.29 is 19.4 Å². The van der Waals surface area contributed by atoms with E-state index in [1.807, 2.05) is 36.4 Å². The average Bonchev–Trinajstić information content (AvgIpc) is 3.32. The molecule has 0 saturated carbocycles. The molecule has 3 heterocycles. The molecule has 8 nitrogen and oxygen atoms in total. The fourth-order valence-electron chi connectivity index (χ4n) is 4.33. The van der Waals surface area contributed by atoms with Crippen LogP contribution in [-0.4, -0.2) is 63.3 Å². The zero-order valence-corrected chi connectivity index (χ0v) is 18.2. The fraction of sp³-hybridized carbons (Fsp3) is 0.280. The summed E-state index contributed by atoms with van der Waals surface area (Å²) in [5.41, 5.74) is 3.25. The summed E-state index contributed by atoms with van der Waals surface area (Å²) in [6.45, 7) is 1.44. The van der Waals surface area contributed by atoms with Gasteiger partial charge in [-0.3, -0.25) is 14.3 Å². The molecule has 1 fully saturated rings. The van der Waals surface area contributed by atoms with Crippen molar-refractivity contribution in [2.45, 2.75) is 18.4 Å². The predicted octanol–water partition coefficient (Wildman–Crippen LogP) is 2.90. The third kappa shape index (κ3) is 4.42. The fourth-order valence-corrected chi connectivity index (χ4v) is 4.33. The lowest BCUT2D eigenvalue weighted by Gasteiger charge is -2.42. The monoisotopic (exact) mass is 446 g/mol. The van der Waals surface area contributed by atoms with E-state index >= 15 is 0 Å². The molecule has 33 heavy (non-hydrogen) atoms. The first kappa shape index (κ1) is 21.1. The number of ether oxygens (including phenoxy) is 1. The van der Waals surface area contributed by atoms with E-state index in [1.54, 1.807) is 51.0 Å². The molecule has 0 radical (unpaired) electrons. The largest absolute Gasteiger partial charge is 0.457 e. The molecule has 0 spiro atoms. The normalized spacial score (nSPS) is 17.3. The number of nitrogens with zero attached hydrogens (tertiary/aromatic N) is 3. The molecule has 2 aliphatic rings. The van der Waals surface area contributed by atoms with Crippen molar-refractivity contribution in [2.24, 2.45) is 0 Å². The molecule has 1 saturated heterocycles. The minimum atomic E-state index is -1.02. The SMILES string of the molecule is O=C(c1ccc(Oc2ccccc2)cc1)N1CCC(O)(CN2CNn3cccc3C2=O)CC1. The van der Waals surface area contributed by atoms with Crippen LogP contribution in [0.1, 0.15) is 33.7 Å². The Labute approximate surface area is 192 Å². The summed E-state index contributed by atoms with van der Waals surface area (Å²) in [4.78, 5) is 29.0. The van der Waals surface area contributed by atoms with Crippen molar-refractivity contribution in [3.05, 3.63) is 84.2 Å². The first-order valence-electron chi connectivity index (χ1n) is 11.1. The Hall–Kier alpha value is -3.78. The van der Waals surface area contributed by atoms with Crippen LogP contribution in [0.25, 0.3) is 0 Å². The highest BCUT2D eigenvalue weighted by molar-refractivity contribution is 5.94. The highest BCUT2D eigenvalue weighted by atomic mass is 16.5. The van der Waals surface area contributed by atoms with E-state index in [9.17, 15) is 14.7 Å². The van der Waals surface area contributed by atoms with E-state index in [2.05, 4.69) is 5.43 Å². The van der Waals surface area contributed by atoms with Crippen LogP contribution in [0, 0.1) is 0 Å². The molecule has 170 valence electrons. The number of hydrogen-bond donors (Lipinski definition) is 2. The van der Waals surface area contributed by atoms with Crippen LogP contribution in [0.5, 0.6) is 11.5 Å². The van der Waals surface area contributed by atoms with Crippen molar-refractivity contribution in [1.29, 1.82) is 0 Å². The smallest absolute Gasteiger partial charge is 0.273 e. The van der Waals surface area contributed by atoms with Crippen LogP contribution < -0.4 is 10.2 Å². The summed E-state index contributed by atoms with van der Waals surface area (Å²) in [5.74, 6) is 1.22. The molecule has 8 heteroatoms. The van der Waals surface area contributed by atoms with Gasteiger partial charge in [-0.15, -0.1) is 0 Å². The molecule has 2 N–H and O–H groups in total. The van der Waals surface area contributed by atoms with Crippen LogP contribution >= 0.6 is 0 Å². The average molecular weight is 447 g/mol. The van der Waals surface area contributed by atoms with Crippen molar-refractivity contribution in [1.82, 2.24) is 14.5 Å². The van der Waals surface area contributed by atoms with Crippen LogP contribution in [-0.2, 0) is 0 Å². The molecule has 2 aromatic carbocycles. The molecule has 0 aliphatic carbocycles. The summed E-state index contributed by atoms with van der Waals surface area (Å²) < 4.78 is 7.48. The second kappa shape index (κ2) is 8.63. The summed E-state index contributed by atoms with van der Waals surface area (Å²) in [6, 6.07) is 20.1. The lowest BCUT2D eigenvalue weighted by atomic mass is 9.90. The van der Waals surface area contributed by atoms with Crippen LogP contribution in [0.3, 0.4) is 0 Å². The van der Waals surface area contributed by atoms with Gasteiger partial charge in [-0.05, 0) is 61.4 Å². The molecular formula is C25H26N4O4. The number of amides is 2. The quantitative estimate of drug-likeness (QED) is 0.629. The van der Waals surface area contributed by atoms with Gasteiger partial charge in [-0.2, -0.15) is 0 Å². The zero-order valence-electron chi connectivity index (χ0n) is 18.2. The Balaban J connectivity index is 1.17. The van der Waals surface area contributed by atoms with Gasteiger partial charge in [0.05, 0.1) is 12.1 Å². The van der Waals surface area contributed by atoms with Crippen molar-refractivity contribution in [3.63, 3.8) is 0 Å². The molecule has 5 rings (SSSR count). The van der Waals surface area contributed by atoms with Crippen LogP contribution in [0.15, 0.2) is 72.9 Å². The van der Waals surface area contributed by atoms with Crippen molar-refractivity contribution >= 4 is 11.8 Å². The van der Waals surface area contributed by atoms with E-state index in [0.29, 0.717) is 49.6 Å². The van der Waals surface area contributed by atoms with Gasteiger partial charge < -0.3 is 25.1 Å². The number of aliphatic hydroxyl groups is 1. The minimum Gasteiger partial charge on any atom is -0.457 e. The van der Waals surface area contributed by atoms with Gasteiger partial charge in [0.1, 0.15) is 23.9 Å². The zero-order chi connectivity index (χ0) is 22.8. The Kier molecular flexibility index (Phi) is 5.51. The second-order valence-corrected chi connectivity index (χ2v) is 8.54. The van der Waals surface area contributed by atoms with Crippen molar-refractivity contribution in [3.8, 4) is 11.5 Å². The van der Waals surface area contributed by atoms with E-state index in [0.717, 1.165) is 5.75 Å². The maximum atomic E-state index is 13.0. The second-order valence-electron chi connectivity index (χ2n) is 8.54. The van der Waals surface area contributed by atoms with Crippen LogP contribution in [0.2, 0.25) is 0 Å². The number of piperidine rings is 1. The number of likely N-dealkylation sites (tertiary alicyclic amines) is 1. The first-order chi connectivity index (χ1) is 16.0. The van der Waals surface area contributed by atoms with E-state index in [4.69, 9.17) is 4.74 Å². The standard InChI is InChI=1S/C25H26N4O4/c30-23(19-8-10-21(11-9-19)33-20-5-2-1-3-6-20)27-15-12-25(32,13-16-27)17-28-18-26-29-14-4-7-22(29)24(28)31/h1-11,14,26,32H,12-13,15-18H2. The first-order valence-corrected chi connectivity index (χ1v) is 11.1. The number of rotatable bonds is 5. The molecule has 0 unspecified atom stereocenters. The Morgan fingerprint density at radius 2 is 1.67 bits per heavy atom. The number of para-hydroxylation sites is 1. The third-order valence-corrected chi connectivity index (χ3v) is 6.23. The van der Waals surface area contributed by atoms with Gasteiger partial charge in [0.25, 0.3) is 11.8 Å². The van der Waals surface area contributed by atoms with Crippen molar-refractivity contribution in [2.75, 3.05) is 31.7 Å². The lowest BCUT2D eigenvalue weighted by Crippen LogP contribution is -2.56. The number of carbonyl (C=O) groups excluding carboxylic acids is 2. The maximum Gasteiger partial charge on any atom is 0.273 e. The maximum absolute atomic E-state index is 13.0. The van der Waals surface area contributed by atoms with E-state index in [1.165, 1.54) is 0 Å². The lowest BCUT2D eigenvalue weighted by molar-refractivity contribution is -0.0369. The number of aromatic nitrogens is 1. The number of fused-ring (bicyclic) bond motifs is 1. The molecule has 2 aliphatic heterocycles. The molecular weight excluding hydrogens is 420 g/mol. The number of hydrogen-bond acceptors (Lipinski definition) is 5. The van der Waals surface area contributed by atoms with Gasteiger partial charge in [0, 0.05) is 24.8 Å². The predicted molar refractivity (Wildman–Crippen MR) is 123 cm³/mol. The number of β-amino-alcohol motifs (C(OH)–C–C–N with tert-alkyl or cyclic N) is 1. The number of benzene rings is 2. The molecule has 3 aromatic rings. The summed E-state index contributed by atoms with van der Waals surface area (Å²) in [7, 11) is 0. The van der Waals surface area contributed by atoms with Gasteiger partial charge in [-0.25, -0.2) is 0 Å². The molecule has 0 bridgehead atoms. The van der Waals surface area contributed by atoms with Gasteiger partial charge in [-0.1, -0.05) is 18.2 Å². The summed E-state index contributed by atoms with van der Waals surface area (Å²) in [5, 5.41) is 11.1. The Morgan fingerprint density at radius 3 is 2.39 bits per heavy atom. The molecule has 1 aromatic heterocycles. The Morgan fingerprint density at radius 1 is 0.970 bits per heavy atom. The summed E-state index contributed by atoms with van der Waals surface area (Å²) >= 11 is 0. The minimum absolute atomic E-state index is 0.0724. The summed E-state index contributed by atoms with van der Waals surface area (Å²) in [6.07, 6.45) is 2.63. The molecule has 0 atom stereocenters. The number of nitrogens with one attached hydrogen (secondary N) is 1. The highest BCUT2D eigenvalue weighted by Gasteiger charge is 2.38. The van der Waals surface area contributed by atoms with E-state index in [-0.39, 0.29) is 18.4 Å². The molecule has 2 amide bonds. The third-order valence-electron chi connectivity index (χ3n) is 6.23.